The topological polar surface area (TPSA) is 78.3 Å². The van der Waals surface area contributed by atoms with E-state index in [1.807, 2.05) is 30.3 Å². The molecule has 1 aromatic carbocycles. The van der Waals surface area contributed by atoms with Crippen molar-refractivity contribution in [2.75, 3.05) is 0 Å². The van der Waals surface area contributed by atoms with Crippen LogP contribution in [-0.4, -0.2) is 21.6 Å². The summed E-state index contributed by atoms with van der Waals surface area (Å²) >= 11 is 0. The fraction of sp³-hybridized carbons (Fsp3) is 0. The normalized spacial score (nSPS) is 10.8. The summed E-state index contributed by atoms with van der Waals surface area (Å²) in [6.07, 6.45) is 1.19. The molecule has 5 nitrogen and oxygen atoms in total. The van der Waals surface area contributed by atoms with E-state index in [0.29, 0.717) is 11.3 Å². The average Bonchev–Trinajstić information content (AvgIpc) is 2.31. The van der Waals surface area contributed by atoms with Gasteiger partial charge in [0.25, 0.3) is 5.56 Å². The molecule has 0 bridgehead atoms. The fourth-order valence-corrected chi connectivity index (χ4v) is 1.41. The lowest BCUT2D eigenvalue weighted by atomic mass is 10.1. The molecular weight excluding hydrogens is 206 g/mol. The SMILES string of the molecule is O=c1cc(/C=N\O)c(-c2ccccc2)n[nH]1. The lowest BCUT2D eigenvalue weighted by molar-refractivity contribution is 0.322. The fourth-order valence-electron chi connectivity index (χ4n) is 1.41. The molecular formula is C11H9N3O2. The Labute approximate surface area is 91.1 Å². The third kappa shape index (κ3) is 1.98. The second kappa shape index (κ2) is 4.39. The van der Waals surface area contributed by atoms with Gasteiger partial charge in [0.1, 0.15) is 0 Å². The Hall–Kier alpha value is -2.43. The second-order valence-electron chi connectivity index (χ2n) is 3.15. The number of hydrogen-bond acceptors (Lipinski definition) is 4. The Morgan fingerprint density at radius 2 is 2.06 bits per heavy atom. The molecule has 0 aliphatic carbocycles. The molecule has 0 spiro atoms. The smallest absolute Gasteiger partial charge is 0.264 e. The third-order valence-corrected chi connectivity index (χ3v) is 2.08. The van der Waals surface area contributed by atoms with E-state index < -0.39 is 0 Å². The summed E-state index contributed by atoms with van der Waals surface area (Å²) in [6, 6.07) is 10.7. The Kier molecular flexibility index (Phi) is 2.77. The highest BCUT2D eigenvalue weighted by Gasteiger charge is 2.05. The second-order valence-corrected chi connectivity index (χ2v) is 3.15. The van der Waals surface area contributed by atoms with Gasteiger partial charge >= 0.3 is 0 Å². The van der Waals surface area contributed by atoms with Crippen molar-refractivity contribution in [3.8, 4) is 11.3 Å². The van der Waals surface area contributed by atoms with Gasteiger partial charge in [-0.2, -0.15) is 5.10 Å². The lowest BCUT2D eigenvalue weighted by Gasteiger charge is -2.02. The summed E-state index contributed by atoms with van der Waals surface area (Å²) in [5.41, 5.74) is 1.54. The number of aromatic amines is 1. The summed E-state index contributed by atoms with van der Waals surface area (Å²) < 4.78 is 0. The minimum Gasteiger partial charge on any atom is -0.411 e. The molecule has 0 aliphatic heterocycles. The van der Waals surface area contributed by atoms with Gasteiger partial charge in [-0.05, 0) is 0 Å². The first-order valence-electron chi connectivity index (χ1n) is 4.64. The van der Waals surface area contributed by atoms with Crippen molar-refractivity contribution in [3.63, 3.8) is 0 Å². The molecule has 0 aliphatic rings. The van der Waals surface area contributed by atoms with Crippen molar-refractivity contribution < 1.29 is 5.21 Å². The van der Waals surface area contributed by atoms with Crippen molar-refractivity contribution >= 4 is 6.21 Å². The minimum atomic E-state index is -0.338. The van der Waals surface area contributed by atoms with Gasteiger partial charge in [-0.3, -0.25) is 4.79 Å². The van der Waals surface area contributed by atoms with Crippen molar-refractivity contribution in [2.45, 2.75) is 0 Å². The van der Waals surface area contributed by atoms with Crippen LogP contribution < -0.4 is 5.56 Å². The van der Waals surface area contributed by atoms with Crippen LogP contribution in [0.25, 0.3) is 11.3 Å². The number of nitrogens with one attached hydrogen (secondary N) is 1. The molecule has 0 saturated carbocycles. The molecule has 0 unspecified atom stereocenters. The molecule has 0 fully saturated rings. The van der Waals surface area contributed by atoms with Gasteiger partial charge in [0.15, 0.2) is 0 Å². The summed E-state index contributed by atoms with van der Waals surface area (Å²) in [6.45, 7) is 0. The zero-order chi connectivity index (χ0) is 11.4. The summed E-state index contributed by atoms with van der Waals surface area (Å²) in [4.78, 5) is 11.1. The maximum Gasteiger partial charge on any atom is 0.264 e. The van der Waals surface area contributed by atoms with Crippen LogP contribution in [0.1, 0.15) is 5.56 Å². The van der Waals surface area contributed by atoms with Crippen LogP contribution in [0.3, 0.4) is 0 Å². The van der Waals surface area contributed by atoms with Crippen LogP contribution >= 0.6 is 0 Å². The van der Waals surface area contributed by atoms with Crippen LogP contribution in [0.2, 0.25) is 0 Å². The van der Waals surface area contributed by atoms with Crippen molar-refractivity contribution in [1.82, 2.24) is 10.2 Å². The Morgan fingerprint density at radius 1 is 1.31 bits per heavy atom. The minimum absolute atomic E-state index is 0.338. The Balaban J connectivity index is 2.61. The van der Waals surface area contributed by atoms with Crippen LogP contribution in [0.4, 0.5) is 0 Å². The number of oxime groups is 1. The van der Waals surface area contributed by atoms with E-state index in [4.69, 9.17) is 5.21 Å². The van der Waals surface area contributed by atoms with E-state index in [1.165, 1.54) is 12.3 Å². The first kappa shape index (κ1) is 10.1. The van der Waals surface area contributed by atoms with E-state index in [-0.39, 0.29) is 5.56 Å². The first-order chi connectivity index (χ1) is 7.81. The van der Waals surface area contributed by atoms with Crippen LogP contribution in [-0.2, 0) is 0 Å². The van der Waals surface area contributed by atoms with E-state index in [9.17, 15) is 4.79 Å². The summed E-state index contributed by atoms with van der Waals surface area (Å²) in [7, 11) is 0. The van der Waals surface area contributed by atoms with Gasteiger partial charge in [-0.15, -0.1) is 0 Å². The Morgan fingerprint density at radius 3 is 2.75 bits per heavy atom. The maximum absolute atomic E-state index is 11.1. The van der Waals surface area contributed by atoms with E-state index in [2.05, 4.69) is 15.4 Å². The van der Waals surface area contributed by atoms with E-state index >= 15 is 0 Å². The maximum atomic E-state index is 11.1. The van der Waals surface area contributed by atoms with Gasteiger partial charge in [0.2, 0.25) is 0 Å². The van der Waals surface area contributed by atoms with Crippen molar-refractivity contribution in [2.24, 2.45) is 5.16 Å². The van der Waals surface area contributed by atoms with Crippen LogP contribution in [0.15, 0.2) is 46.3 Å². The number of aromatic nitrogens is 2. The number of nitrogens with zero attached hydrogens (tertiary/aromatic N) is 2. The Bertz CT molecular complexity index is 561. The van der Waals surface area contributed by atoms with Crippen LogP contribution in [0.5, 0.6) is 0 Å². The zero-order valence-corrected chi connectivity index (χ0v) is 8.29. The molecule has 0 amide bonds. The van der Waals surface area contributed by atoms with E-state index in [0.717, 1.165) is 5.56 Å². The van der Waals surface area contributed by atoms with Gasteiger partial charge in [-0.25, -0.2) is 5.10 Å². The number of hydrogen-bond donors (Lipinski definition) is 2. The summed E-state index contributed by atoms with van der Waals surface area (Å²) in [5.74, 6) is 0. The number of benzene rings is 1. The highest BCUT2D eigenvalue weighted by Crippen LogP contribution is 2.17. The molecule has 5 heteroatoms. The standard InChI is InChI=1S/C11H9N3O2/c15-10-6-9(7-12-16)11(14-13-10)8-4-2-1-3-5-8/h1-7,16H,(H,13,15)/b12-7-. The molecule has 0 saturated heterocycles. The van der Waals surface area contributed by atoms with Crippen molar-refractivity contribution in [1.29, 1.82) is 0 Å². The highest BCUT2D eigenvalue weighted by atomic mass is 16.4. The quantitative estimate of drug-likeness (QED) is 0.449. The molecule has 16 heavy (non-hydrogen) atoms. The van der Waals surface area contributed by atoms with Gasteiger partial charge in [0, 0.05) is 17.2 Å². The van der Waals surface area contributed by atoms with Gasteiger partial charge in [-0.1, -0.05) is 35.5 Å². The number of H-pyrrole nitrogens is 1. The van der Waals surface area contributed by atoms with Gasteiger partial charge in [0.05, 0.1) is 11.9 Å². The molecule has 0 radical (unpaired) electrons. The monoisotopic (exact) mass is 215 g/mol. The molecule has 2 aromatic rings. The van der Waals surface area contributed by atoms with E-state index in [1.54, 1.807) is 0 Å². The average molecular weight is 215 g/mol. The molecule has 80 valence electrons. The zero-order valence-electron chi connectivity index (χ0n) is 8.29. The predicted octanol–water partition coefficient (Wildman–Crippen LogP) is 1.24. The first-order valence-corrected chi connectivity index (χ1v) is 4.64. The summed E-state index contributed by atoms with van der Waals surface area (Å²) in [5, 5.41) is 17.7. The van der Waals surface area contributed by atoms with Crippen molar-refractivity contribution in [3.05, 3.63) is 52.3 Å². The van der Waals surface area contributed by atoms with Crippen LogP contribution in [0, 0.1) is 0 Å². The molecule has 1 heterocycles. The molecule has 0 atom stereocenters. The predicted molar refractivity (Wildman–Crippen MR) is 59.7 cm³/mol. The largest absolute Gasteiger partial charge is 0.411 e. The molecule has 2 rings (SSSR count). The number of rotatable bonds is 2. The molecule has 1 aromatic heterocycles. The molecule has 2 N–H and O–H groups in total. The third-order valence-electron chi connectivity index (χ3n) is 2.08. The highest BCUT2D eigenvalue weighted by molar-refractivity contribution is 5.87. The lowest BCUT2D eigenvalue weighted by Crippen LogP contribution is -2.10. The van der Waals surface area contributed by atoms with Gasteiger partial charge < -0.3 is 5.21 Å².